The second kappa shape index (κ2) is 10.6. The zero-order valence-electron chi connectivity index (χ0n) is 18.6. The highest BCUT2D eigenvalue weighted by molar-refractivity contribution is 5.85. The van der Waals surface area contributed by atoms with Gasteiger partial charge in [0.25, 0.3) is 0 Å². The molecule has 1 amide bonds. The lowest BCUT2D eigenvalue weighted by Crippen LogP contribution is -2.29. The van der Waals surface area contributed by atoms with Crippen molar-refractivity contribution in [1.29, 1.82) is 0 Å². The Balaban J connectivity index is 1.61. The van der Waals surface area contributed by atoms with Crippen LogP contribution in [0.5, 0.6) is 0 Å². The number of halogens is 3. The van der Waals surface area contributed by atoms with Gasteiger partial charge in [-0.1, -0.05) is 18.2 Å². The van der Waals surface area contributed by atoms with Crippen molar-refractivity contribution >= 4 is 28.7 Å². The van der Waals surface area contributed by atoms with Crippen LogP contribution in [-0.2, 0) is 33.4 Å². The van der Waals surface area contributed by atoms with Gasteiger partial charge in [0.2, 0.25) is 0 Å². The largest absolute Gasteiger partial charge is 0.479 e. The summed E-state index contributed by atoms with van der Waals surface area (Å²) in [5.74, 6) is -1.04. The SMILES string of the molecule is CC(C)OC(Cc1cccc2c1ccn2CCOC(=O)Nc1cccc(C(F)(F)F)c1)C(=O)O. The molecule has 34 heavy (non-hydrogen) atoms. The summed E-state index contributed by atoms with van der Waals surface area (Å²) in [6.45, 7) is 3.83. The summed E-state index contributed by atoms with van der Waals surface area (Å²) in [4.78, 5) is 23.5. The maximum absolute atomic E-state index is 12.8. The van der Waals surface area contributed by atoms with Gasteiger partial charge in [0.1, 0.15) is 6.61 Å². The molecule has 182 valence electrons. The lowest BCUT2D eigenvalue weighted by molar-refractivity contribution is -0.153. The van der Waals surface area contributed by atoms with Gasteiger partial charge in [-0.05, 0) is 49.7 Å². The van der Waals surface area contributed by atoms with Crippen LogP contribution in [0.3, 0.4) is 0 Å². The standard InChI is InChI=1S/C24H25F3N2O5/c1-15(2)34-21(22(30)31)13-16-5-3-8-20-19(16)9-10-29(20)11-12-33-23(32)28-18-7-4-6-17(14-18)24(25,26)27/h3-10,14-15,21H,11-13H2,1-2H3,(H,28,32)(H,30,31). The predicted molar refractivity (Wildman–Crippen MR) is 120 cm³/mol. The first kappa shape index (κ1) is 25.1. The minimum absolute atomic E-state index is 0.0208. The molecule has 1 atom stereocenters. The molecule has 0 aliphatic heterocycles. The Bertz CT molecular complexity index is 1160. The van der Waals surface area contributed by atoms with Gasteiger partial charge in [0, 0.05) is 29.2 Å². The van der Waals surface area contributed by atoms with Crippen molar-refractivity contribution in [3.63, 3.8) is 0 Å². The van der Waals surface area contributed by atoms with Crippen molar-refractivity contribution in [2.45, 2.75) is 45.2 Å². The fourth-order valence-corrected chi connectivity index (χ4v) is 3.55. The first-order valence-corrected chi connectivity index (χ1v) is 10.6. The van der Waals surface area contributed by atoms with Crippen LogP contribution in [-0.4, -0.2) is 40.6 Å². The van der Waals surface area contributed by atoms with Crippen molar-refractivity contribution in [2.24, 2.45) is 0 Å². The van der Waals surface area contributed by atoms with E-state index in [2.05, 4.69) is 5.32 Å². The summed E-state index contributed by atoms with van der Waals surface area (Å²) in [6, 6.07) is 11.6. The van der Waals surface area contributed by atoms with Gasteiger partial charge in [-0.15, -0.1) is 0 Å². The van der Waals surface area contributed by atoms with Gasteiger partial charge >= 0.3 is 18.2 Å². The molecular formula is C24H25F3N2O5. The van der Waals surface area contributed by atoms with Crippen LogP contribution in [0.15, 0.2) is 54.7 Å². The number of ether oxygens (including phenoxy) is 2. The average Bonchev–Trinajstić information content (AvgIpc) is 3.16. The number of carbonyl (C=O) groups is 2. The number of anilines is 1. The molecule has 0 radical (unpaired) electrons. The molecule has 0 fully saturated rings. The van der Waals surface area contributed by atoms with Crippen molar-refractivity contribution in [1.82, 2.24) is 4.57 Å². The number of carbonyl (C=O) groups excluding carboxylic acids is 1. The third kappa shape index (κ3) is 6.50. The number of nitrogens with one attached hydrogen (secondary N) is 1. The van der Waals surface area contributed by atoms with Gasteiger partial charge in [-0.25, -0.2) is 9.59 Å². The van der Waals surface area contributed by atoms with E-state index in [9.17, 15) is 27.9 Å². The van der Waals surface area contributed by atoms with E-state index in [0.29, 0.717) is 6.54 Å². The first-order valence-electron chi connectivity index (χ1n) is 10.6. The van der Waals surface area contributed by atoms with Crippen LogP contribution < -0.4 is 5.32 Å². The van der Waals surface area contributed by atoms with Gasteiger partial charge in [0.15, 0.2) is 6.10 Å². The van der Waals surface area contributed by atoms with E-state index in [1.54, 1.807) is 20.0 Å². The van der Waals surface area contributed by atoms with Gasteiger partial charge in [-0.3, -0.25) is 5.32 Å². The summed E-state index contributed by atoms with van der Waals surface area (Å²) in [5, 5.41) is 12.6. The molecule has 2 N–H and O–H groups in total. The number of nitrogens with zero attached hydrogens (tertiary/aromatic N) is 1. The van der Waals surface area contributed by atoms with Crippen LogP contribution in [0, 0.1) is 0 Å². The van der Waals surface area contributed by atoms with E-state index >= 15 is 0 Å². The van der Waals surface area contributed by atoms with Crippen molar-refractivity contribution in [3.8, 4) is 0 Å². The molecule has 0 bridgehead atoms. The number of aliphatic carboxylic acids is 1. The van der Waals surface area contributed by atoms with E-state index in [1.165, 1.54) is 12.1 Å². The number of carboxylic acids is 1. The van der Waals surface area contributed by atoms with Crippen LogP contribution in [0.4, 0.5) is 23.7 Å². The Labute approximate surface area is 194 Å². The molecule has 3 aromatic rings. The second-order valence-corrected chi connectivity index (χ2v) is 7.91. The minimum Gasteiger partial charge on any atom is -0.479 e. The summed E-state index contributed by atoms with van der Waals surface area (Å²) in [7, 11) is 0. The van der Waals surface area contributed by atoms with E-state index in [4.69, 9.17) is 9.47 Å². The molecule has 1 unspecified atom stereocenters. The van der Waals surface area contributed by atoms with Crippen LogP contribution in [0.2, 0.25) is 0 Å². The smallest absolute Gasteiger partial charge is 0.416 e. The van der Waals surface area contributed by atoms with E-state index < -0.39 is 29.9 Å². The zero-order chi connectivity index (χ0) is 24.9. The molecule has 0 saturated heterocycles. The van der Waals surface area contributed by atoms with Gasteiger partial charge in [-0.2, -0.15) is 13.2 Å². The predicted octanol–water partition coefficient (Wildman–Crippen LogP) is 5.33. The summed E-state index contributed by atoms with van der Waals surface area (Å²) >= 11 is 0. The fourth-order valence-electron chi connectivity index (χ4n) is 3.55. The maximum Gasteiger partial charge on any atom is 0.416 e. The Morgan fingerprint density at radius 1 is 1.12 bits per heavy atom. The Kier molecular flexibility index (Phi) is 7.83. The molecule has 10 heteroatoms. The highest BCUT2D eigenvalue weighted by atomic mass is 19.4. The lowest BCUT2D eigenvalue weighted by atomic mass is 10.0. The number of hydrogen-bond donors (Lipinski definition) is 2. The maximum atomic E-state index is 12.8. The minimum atomic E-state index is -4.51. The van der Waals surface area contributed by atoms with Crippen LogP contribution in [0.25, 0.3) is 10.9 Å². The normalized spacial score (nSPS) is 12.6. The van der Waals surface area contributed by atoms with Crippen LogP contribution >= 0.6 is 0 Å². The molecule has 0 aliphatic rings. The van der Waals surface area contributed by atoms with Gasteiger partial charge < -0.3 is 19.1 Å². The topological polar surface area (TPSA) is 89.8 Å². The molecule has 3 rings (SSSR count). The monoisotopic (exact) mass is 478 g/mol. The number of amides is 1. The number of fused-ring (bicyclic) bond motifs is 1. The third-order valence-corrected chi connectivity index (χ3v) is 5.02. The van der Waals surface area contributed by atoms with E-state index in [1.807, 2.05) is 28.8 Å². The van der Waals surface area contributed by atoms with Crippen LogP contribution in [0.1, 0.15) is 25.0 Å². The molecule has 1 aromatic heterocycles. The number of rotatable bonds is 9. The lowest BCUT2D eigenvalue weighted by Gasteiger charge is -2.17. The summed E-state index contributed by atoms with van der Waals surface area (Å²) < 4.78 is 50.9. The van der Waals surface area contributed by atoms with Gasteiger partial charge in [0.05, 0.1) is 18.2 Å². The number of hydrogen-bond acceptors (Lipinski definition) is 4. The summed E-state index contributed by atoms with van der Waals surface area (Å²) in [5.41, 5.74) is 0.747. The average molecular weight is 478 g/mol. The third-order valence-electron chi connectivity index (χ3n) is 5.02. The quantitative estimate of drug-likeness (QED) is 0.434. The molecular weight excluding hydrogens is 453 g/mol. The molecule has 7 nitrogen and oxygen atoms in total. The van der Waals surface area contributed by atoms with Crippen molar-refractivity contribution < 1.29 is 37.3 Å². The van der Waals surface area contributed by atoms with E-state index in [-0.39, 0.29) is 24.8 Å². The Morgan fingerprint density at radius 3 is 2.53 bits per heavy atom. The second-order valence-electron chi connectivity index (χ2n) is 7.91. The van der Waals surface area contributed by atoms with E-state index in [0.717, 1.165) is 28.6 Å². The molecule has 0 aliphatic carbocycles. The Hall–Kier alpha value is -3.53. The number of aromatic nitrogens is 1. The number of carboxylic acid groups (broad SMARTS) is 1. The molecule has 0 saturated carbocycles. The molecule has 0 spiro atoms. The molecule has 2 aromatic carbocycles. The molecule has 1 heterocycles. The highest BCUT2D eigenvalue weighted by Crippen LogP contribution is 2.30. The van der Waals surface area contributed by atoms with Crippen molar-refractivity contribution in [3.05, 3.63) is 65.9 Å². The Morgan fingerprint density at radius 2 is 1.85 bits per heavy atom. The zero-order valence-corrected chi connectivity index (χ0v) is 18.6. The highest BCUT2D eigenvalue weighted by Gasteiger charge is 2.30. The van der Waals surface area contributed by atoms with Crippen molar-refractivity contribution in [2.75, 3.05) is 11.9 Å². The number of alkyl halides is 3. The first-order chi connectivity index (χ1) is 16.0. The number of benzene rings is 2. The summed E-state index contributed by atoms with van der Waals surface area (Å²) in [6.07, 6.45) is -4.60. The fraction of sp³-hybridized carbons (Fsp3) is 0.333.